The first-order chi connectivity index (χ1) is 12.2. The molecular weight excluding hydrogens is 348 g/mol. The van der Waals surface area contributed by atoms with E-state index in [2.05, 4.69) is 9.59 Å². The van der Waals surface area contributed by atoms with Crippen molar-refractivity contribution in [1.82, 2.24) is 14.5 Å². The van der Waals surface area contributed by atoms with Gasteiger partial charge in [-0.1, -0.05) is 62.5 Å². The zero-order valence-corrected chi connectivity index (χ0v) is 16.7. The Labute approximate surface area is 158 Å². The molecule has 2 amide bonds. The Kier molecular flexibility index (Phi) is 5.81. The number of aromatic nitrogens is 2. The maximum Gasteiger partial charge on any atom is 0.276 e. The van der Waals surface area contributed by atoms with Gasteiger partial charge in [0.05, 0.1) is 0 Å². The van der Waals surface area contributed by atoms with Gasteiger partial charge in [0.15, 0.2) is 11.2 Å². The standard InChI is InChI=1S/C19H26N4O2S/c1-6-13(2)23(16(24)15-12-26-22-21-15)19(17(20)25,18(3,4)5)14-10-8-7-9-11-14/h7-13H,6H2,1-5H3,(H2,20,25). The molecule has 2 N–H and O–H groups in total. The fraction of sp³-hybridized carbons (Fsp3) is 0.474. The normalized spacial score (nSPS) is 15.1. The van der Waals surface area contributed by atoms with E-state index in [-0.39, 0.29) is 17.6 Å². The number of carbonyl (C=O) groups is 2. The number of benzene rings is 1. The minimum absolute atomic E-state index is 0.223. The highest BCUT2D eigenvalue weighted by Crippen LogP contribution is 2.46. The largest absolute Gasteiger partial charge is 0.367 e. The van der Waals surface area contributed by atoms with Crippen LogP contribution in [0.25, 0.3) is 0 Å². The molecule has 0 aliphatic heterocycles. The predicted molar refractivity (Wildman–Crippen MR) is 103 cm³/mol. The smallest absolute Gasteiger partial charge is 0.276 e. The van der Waals surface area contributed by atoms with Crippen LogP contribution in [-0.2, 0) is 10.3 Å². The number of nitrogens with zero attached hydrogens (tertiary/aromatic N) is 3. The first-order valence-electron chi connectivity index (χ1n) is 8.64. The van der Waals surface area contributed by atoms with Crippen LogP contribution in [0.1, 0.15) is 57.1 Å². The number of hydrogen-bond donors (Lipinski definition) is 1. The Bertz CT molecular complexity index is 756. The molecule has 0 aliphatic carbocycles. The second-order valence-electron chi connectivity index (χ2n) is 7.41. The van der Waals surface area contributed by atoms with Gasteiger partial charge in [-0.25, -0.2) is 0 Å². The van der Waals surface area contributed by atoms with E-state index in [1.165, 1.54) is 0 Å². The van der Waals surface area contributed by atoms with E-state index in [9.17, 15) is 9.59 Å². The van der Waals surface area contributed by atoms with E-state index < -0.39 is 16.9 Å². The molecule has 0 spiro atoms. The summed E-state index contributed by atoms with van der Waals surface area (Å²) in [5.41, 5.74) is 4.94. The van der Waals surface area contributed by atoms with Crippen LogP contribution < -0.4 is 5.73 Å². The van der Waals surface area contributed by atoms with Gasteiger partial charge < -0.3 is 10.6 Å². The van der Waals surface area contributed by atoms with E-state index in [0.717, 1.165) is 11.5 Å². The zero-order valence-electron chi connectivity index (χ0n) is 15.9. The maximum atomic E-state index is 13.4. The van der Waals surface area contributed by atoms with Gasteiger partial charge in [0.2, 0.25) is 5.91 Å². The first-order valence-corrected chi connectivity index (χ1v) is 9.47. The molecule has 140 valence electrons. The molecule has 2 unspecified atom stereocenters. The van der Waals surface area contributed by atoms with Crippen LogP contribution in [0.3, 0.4) is 0 Å². The lowest BCUT2D eigenvalue weighted by Gasteiger charge is -2.52. The monoisotopic (exact) mass is 374 g/mol. The molecule has 0 saturated heterocycles. The Hall–Kier alpha value is -2.28. The van der Waals surface area contributed by atoms with Crippen molar-refractivity contribution >= 4 is 23.3 Å². The molecule has 1 aromatic heterocycles. The molecule has 26 heavy (non-hydrogen) atoms. The summed E-state index contributed by atoms with van der Waals surface area (Å²) in [6, 6.07) is 9.04. The van der Waals surface area contributed by atoms with Crippen LogP contribution in [0, 0.1) is 5.41 Å². The zero-order chi connectivity index (χ0) is 19.5. The minimum Gasteiger partial charge on any atom is -0.367 e. The Balaban J connectivity index is 2.82. The topological polar surface area (TPSA) is 89.2 Å². The second-order valence-corrected chi connectivity index (χ2v) is 8.02. The average molecular weight is 375 g/mol. The summed E-state index contributed by atoms with van der Waals surface area (Å²) < 4.78 is 3.80. The van der Waals surface area contributed by atoms with E-state index in [0.29, 0.717) is 12.0 Å². The van der Waals surface area contributed by atoms with Gasteiger partial charge in [-0.05, 0) is 35.9 Å². The molecule has 7 heteroatoms. The highest BCUT2D eigenvalue weighted by atomic mass is 32.1. The molecular formula is C19H26N4O2S. The first kappa shape index (κ1) is 20.0. The fourth-order valence-corrected chi connectivity index (χ4v) is 3.92. The molecule has 2 atom stereocenters. The highest BCUT2D eigenvalue weighted by Gasteiger charge is 2.56. The lowest BCUT2D eigenvalue weighted by atomic mass is 9.66. The van der Waals surface area contributed by atoms with E-state index in [1.807, 2.05) is 65.0 Å². The SMILES string of the molecule is CCC(C)N(C(=O)c1csnn1)C(C(N)=O)(c1ccccc1)C(C)(C)C. The molecule has 0 radical (unpaired) electrons. The fourth-order valence-electron chi connectivity index (χ4n) is 3.49. The van der Waals surface area contributed by atoms with Gasteiger partial charge in [-0.2, -0.15) is 0 Å². The van der Waals surface area contributed by atoms with E-state index in [4.69, 9.17) is 5.73 Å². The van der Waals surface area contributed by atoms with Crippen LogP contribution in [0.4, 0.5) is 0 Å². The van der Waals surface area contributed by atoms with Crippen molar-refractivity contribution in [2.45, 2.75) is 52.6 Å². The quantitative estimate of drug-likeness (QED) is 0.841. The van der Waals surface area contributed by atoms with Gasteiger partial charge in [-0.3, -0.25) is 9.59 Å². The Morgan fingerprint density at radius 3 is 2.27 bits per heavy atom. The number of rotatable bonds is 6. The number of carbonyl (C=O) groups excluding carboxylic acids is 2. The molecule has 1 aromatic carbocycles. The number of nitrogens with two attached hydrogens (primary N) is 1. The lowest BCUT2D eigenvalue weighted by Crippen LogP contribution is -2.66. The van der Waals surface area contributed by atoms with Crippen LogP contribution in [0.15, 0.2) is 35.7 Å². The summed E-state index contributed by atoms with van der Waals surface area (Å²) >= 11 is 1.10. The second kappa shape index (κ2) is 7.53. The van der Waals surface area contributed by atoms with Gasteiger partial charge in [0.25, 0.3) is 5.91 Å². The van der Waals surface area contributed by atoms with Crippen LogP contribution in [-0.4, -0.2) is 32.3 Å². The third-order valence-corrected chi connectivity index (χ3v) is 5.33. The summed E-state index contributed by atoms with van der Waals surface area (Å²) in [6.45, 7) is 9.67. The van der Waals surface area contributed by atoms with Gasteiger partial charge in [-0.15, -0.1) is 5.10 Å². The minimum atomic E-state index is -1.33. The summed E-state index contributed by atoms with van der Waals surface area (Å²) in [4.78, 5) is 28.0. The van der Waals surface area contributed by atoms with Gasteiger partial charge in [0, 0.05) is 11.4 Å². The molecule has 6 nitrogen and oxygen atoms in total. The molecule has 2 rings (SSSR count). The lowest BCUT2D eigenvalue weighted by molar-refractivity contribution is -0.139. The number of primary amides is 1. The maximum absolute atomic E-state index is 13.4. The molecule has 1 heterocycles. The highest BCUT2D eigenvalue weighted by molar-refractivity contribution is 7.03. The van der Waals surface area contributed by atoms with Crippen molar-refractivity contribution in [3.63, 3.8) is 0 Å². The van der Waals surface area contributed by atoms with Gasteiger partial charge in [0.1, 0.15) is 0 Å². The third kappa shape index (κ3) is 3.23. The molecule has 2 aromatic rings. The van der Waals surface area contributed by atoms with Crippen molar-refractivity contribution in [2.75, 3.05) is 0 Å². The average Bonchev–Trinajstić information content (AvgIpc) is 3.12. The van der Waals surface area contributed by atoms with Crippen LogP contribution in [0.2, 0.25) is 0 Å². The van der Waals surface area contributed by atoms with Crippen molar-refractivity contribution in [3.05, 3.63) is 47.0 Å². The van der Waals surface area contributed by atoms with Crippen LogP contribution >= 0.6 is 11.5 Å². The van der Waals surface area contributed by atoms with Crippen molar-refractivity contribution in [3.8, 4) is 0 Å². The summed E-state index contributed by atoms with van der Waals surface area (Å²) in [5, 5.41) is 5.52. The summed E-state index contributed by atoms with van der Waals surface area (Å²) in [7, 11) is 0. The summed E-state index contributed by atoms with van der Waals surface area (Å²) in [6.07, 6.45) is 0.668. The number of hydrogen-bond acceptors (Lipinski definition) is 5. The molecule has 0 bridgehead atoms. The summed E-state index contributed by atoms with van der Waals surface area (Å²) in [5.74, 6) is -0.904. The predicted octanol–water partition coefficient (Wildman–Crippen LogP) is 3.21. The molecule has 0 aliphatic rings. The Morgan fingerprint density at radius 1 is 1.23 bits per heavy atom. The molecule has 0 saturated carbocycles. The number of amides is 2. The molecule has 0 fully saturated rings. The van der Waals surface area contributed by atoms with Crippen molar-refractivity contribution < 1.29 is 9.59 Å². The Morgan fingerprint density at radius 2 is 1.85 bits per heavy atom. The van der Waals surface area contributed by atoms with Crippen LogP contribution in [0.5, 0.6) is 0 Å². The van der Waals surface area contributed by atoms with Crippen molar-refractivity contribution in [1.29, 1.82) is 0 Å². The third-order valence-electron chi connectivity index (χ3n) is 4.82. The van der Waals surface area contributed by atoms with E-state index in [1.54, 1.807) is 10.3 Å². The van der Waals surface area contributed by atoms with Gasteiger partial charge >= 0.3 is 0 Å². The van der Waals surface area contributed by atoms with Crippen molar-refractivity contribution in [2.24, 2.45) is 11.1 Å². The van der Waals surface area contributed by atoms with E-state index >= 15 is 0 Å².